The largest absolute Gasteiger partial charge is 0.342 e. The first-order valence-electron chi connectivity index (χ1n) is 5.89. The molecule has 0 fully saturated rings. The summed E-state index contributed by atoms with van der Waals surface area (Å²) in [7, 11) is 0. The molecule has 0 aromatic carbocycles. The molecule has 2 heterocycles. The van der Waals surface area contributed by atoms with E-state index in [2.05, 4.69) is 26.2 Å². The van der Waals surface area contributed by atoms with Gasteiger partial charge in [-0.1, -0.05) is 24.6 Å². The molecule has 0 spiro atoms. The van der Waals surface area contributed by atoms with Crippen LogP contribution in [0, 0.1) is 0 Å². The molecule has 0 atom stereocenters. The minimum absolute atomic E-state index is 0.217. The molecule has 4 nitrogen and oxygen atoms in total. The van der Waals surface area contributed by atoms with Crippen LogP contribution >= 0.6 is 27.5 Å². The number of carbonyl (C=O) groups is 1. The summed E-state index contributed by atoms with van der Waals surface area (Å²) in [6.45, 7) is 2.80. The minimum Gasteiger partial charge on any atom is -0.342 e. The molecular formula is C13H13BrClN3O. The van der Waals surface area contributed by atoms with Crippen molar-refractivity contribution in [2.75, 3.05) is 5.32 Å². The fraction of sp³-hybridized carbons (Fsp3) is 0.231. The van der Waals surface area contributed by atoms with Crippen molar-refractivity contribution in [2.24, 2.45) is 0 Å². The molecular weight excluding hydrogens is 330 g/mol. The van der Waals surface area contributed by atoms with E-state index < -0.39 is 0 Å². The van der Waals surface area contributed by atoms with Gasteiger partial charge in [0.05, 0.1) is 5.02 Å². The van der Waals surface area contributed by atoms with Crippen molar-refractivity contribution in [3.63, 3.8) is 0 Å². The second-order valence-corrected chi connectivity index (χ2v) is 5.29. The molecule has 2 aromatic rings. The zero-order valence-electron chi connectivity index (χ0n) is 10.4. The normalized spacial score (nSPS) is 10.5. The highest BCUT2D eigenvalue weighted by molar-refractivity contribution is 9.10. The fourth-order valence-corrected chi connectivity index (χ4v) is 2.31. The third-order valence-corrected chi connectivity index (χ3v) is 3.17. The number of carbonyl (C=O) groups excluding carboxylic acids is 1. The maximum atomic E-state index is 12.2. The topological polar surface area (TPSA) is 46.9 Å². The summed E-state index contributed by atoms with van der Waals surface area (Å²) in [5.41, 5.74) is 0.536. The number of pyridine rings is 1. The van der Waals surface area contributed by atoms with Crippen LogP contribution in [0.25, 0.3) is 0 Å². The Bertz CT molecular complexity index is 597. The fourth-order valence-electron chi connectivity index (χ4n) is 1.75. The third-order valence-electron chi connectivity index (χ3n) is 2.52. The molecule has 6 heteroatoms. The number of rotatable bonds is 4. The molecule has 0 saturated carbocycles. The van der Waals surface area contributed by atoms with Crippen LogP contribution in [0.15, 0.2) is 35.1 Å². The van der Waals surface area contributed by atoms with Crippen LogP contribution in [0.4, 0.5) is 5.82 Å². The summed E-state index contributed by atoms with van der Waals surface area (Å²) in [5, 5.41) is 3.31. The van der Waals surface area contributed by atoms with Gasteiger partial charge in [-0.25, -0.2) is 4.98 Å². The standard InChI is InChI=1S/C13H13BrClN3O/c1-2-6-18-8-9(15)7-10(18)13(19)17-12-5-3-4-11(14)16-12/h3-5,7-8H,2,6H2,1H3,(H,16,17,19). The molecule has 0 unspecified atom stereocenters. The van der Waals surface area contributed by atoms with Crippen LogP contribution in [0.3, 0.4) is 0 Å². The molecule has 0 radical (unpaired) electrons. The van der Waals surface area contributed by atoms with Crippen molar-refractivity contribution >= 4 is 39.3 Å². The van der Waals surface area contributed by atoms with Gasteiger partial charge in [0.1, 0.15) is 16.1 Å². The van der Waals surface area contributed by atoms with Crippen molar-refractivity contribution in [1.82, 2.24) is 9.55 Å². The van der Waals surface area contributed by atoms with Crippen molar-refractivity contribution in [3.8, 4) is 0 Å². The Kier molecular flexibility index (Phi) is 4.61. The van der Waals surface area contributed by atoms with E-state index in [1.807, 2.05) is 17.6 Å². The quantitative estimate of drug-likeness (QED) is 0.855. The maximum Gasteiger partial charge on any atom is 0.273 e. The maximum absolute atomic E-state index is 12.2. The zero-order chi connectivity index (χ0) is 13.8. The van der Waals surface area contributed by atoms with E-state index in [4.69, 9.17) is 11.6 Å². The van der Waals surface area contributed by atoms with E-state index in [1.165, 1.54) is 0 Å². The van der Waals surface area contributed by atoms with E-state index in [0.717, 1.165) is 13.0 Å². The number of aryl methyl sites for hydroxylation is 1. The number of amides is 1. The van der Waals surface area contributed by atoms with Crippen molar-refractivity contribution < 1.29 is 4.79 Å². The Labute approximate surface area is 124 Å². The van der Waals surface area contributed by atoms with Gasteiger partial charge in [0.2, 0.25) is 0 Å². The van der Waals surface area contributed by atoms with Gasteiger partial charge in [-0.3, -0.25) is 4.79 Å². The van der Waals surface area contributed by atoms with Gasteiger partial charge in [0.25, 0.3) is 5.91 Å². The molecule has 0 aliphatic carbocycles. The molecule has 1 amide bonds. The Morgan fingerprint density at radius 1 is 1.53 bits per heavy atom. The van der Waals surface area contributed by atoms with Crippen molar-refractivity contribution in [1.29, 1.82) is 0 Å². The molecule has 0 bridgehead atoms. The SMILES string of the molecule is CCCn1cc(Cl)cc1C(=O)Nc1cccc(Br)n1. The van der Waals surface area contributed by atoms with Crippen LogP contribution in [0.5, 0.6) is 0 Å². The number of nitrogens with one attached hydrogen (secondary N) is 1. The molecule has 1 N–H and O–H groups in total. The Balaban J connectivity index is 2.20. The summed E-state index contributed by atoms with van der Waals surface area (Å²) in [6.07, 6.45) is 2.69. The molecule has 0 aliphatic rings. The summed E-state index contributed by atoms with van der Waals surface area (Å²) in [4.78, 5) is 16.4. The highest BCUT2D eigenvalue weighted by Crippen LogP contribution is 2.17. The van der Waals surface area contributed by atoms with E-state index in [-0.39, 0.29) is 5.91 Å². The second-order valence-electron chi connectivity index (χ2n) is 4.04. The molecule has 100 valence electrons. The lowest BCUT2D eigenvalue weighted by molar-refractivity contribution is 0.101. The molecule has 0 aliphatic heterocycles. The predicted molar refractivity (Wildman–Crippen MR) is 79.6 cm³/mol. The van der Waals surface area contributed by atoms with Crippen LogP contribution in [-0.4, -0.2) is 15.5 Å². The first kappa shape index (κ1) is 14.1. The highest BCUT2D eigenvalue weighted by Gasteiger charge is 2.13. The zero-order valence-corrected chi connectivity index (χ0v) is 12.7. The van der Waals surface area contributed by atoms with Crippen LogP contribution in [0.2, 0.25) is 5.02 Å². The van der Waals surface area contributed by atoms with Gasteiger partial charge in [-0.15, -0.1) is 0 Å². The summed E-state index contributed by atoms with van der Waals surface area (Å²) in [5.74, 6) is 0.283. The van der Waals surface area contributed by atoms with Gasteiger partial charge in [0, 0.05) is 12.7 Å². The number of hydrogen-bond donors (Lipinski definition) is 1. The molecule has 0 saturated heterocycles. The molecule has 2 aromatic heterocycles. The average Bonchev–Trinajstić information content (AvgIpc) is 2.71. The molecule has 2 rings (SSSR count). The van der Waals surface area contributed by atoms with Gasteiger partial charge in [-0.2, -0.15) is 0 Å². The monoisotopic (exact) mass is 341 g/mol. The van der Waals surface area contributed by atoms with Crippen LogP contribution < -0.4 is 5.32 Å². The smallest absolute Gasteiger partial charge is 0.273 e. The first-order chi connectivity index (χ1) is 9.10. The summed E-state index contributed by atoms with van der Waals surface area (Å²) in [6, 6.07) is 7.00. The van der Waals surface area contributed by atoms with Crippen LogP contribution in [0.1, 0.15) is 23.8 Å². The Morgan fingerprint density at radius 3 is 3.00 bits per heavy atom. The van der Waals surface area contributed by atoms with E-state index in [1.54, 1.807) is 24.4 Å². The van der Waals surface area contributed by atoms with E-state index in [9.17, 15) is 4.79 Å². The van der Waals surface area contributed by atoms with E-state index in [0.29, 0.717) is 21.1 Å². The predicted octanol–water partition coefficient (Wildman–Crippen LogP) is 3.96. The Hall–Kier alpha value is -1.33. The number of aromatic nitrogens is 2. The lowest BCUT2D eigenvalue weighted by Gasteiger charge is -2.08. The highest BCUT2D eigenvalue weighted by atomic mass is 79.9. The number of halogens is 2. The number of nitrogens with zero attached hydrogens (tertiary/aromatic N) is 2. The first-order valence-corrected chi connectivity index (χ1v) is 7.07. The number of anilines is 1. The number of hydrogen-bond acceptors (Lipinski definition) is 2. The van der Waals surface area contributed by atoms with Crippen LogP contribution in [-0.2, 0) is 6.54 Å². The van der Waals surface area contributed by atoms with Crippen molar-refractivity contribution in [3.05, 3.63) is 45.8 Å². The lowest BCUT2D eigenvalue weighted by atomic mass is 10.3. The minimum atomic E-state index is -0.217. The Morgan fingerprint density at radius 2 is 2.32 bits per heavy atom. The third kappa shape index (κ3) is 3.58. The molecule has 19 heavy (non-hydrogen) atoms. The van der Waals surface area contributed by atoms with Gasteiger partial charge >= 0.3 is 0 Å². The second kappa shape index (κ2) is 6.21. The summed E-state index contributed by atoms with van der Waals surface area (Å²) >= 11 is 9.21. The van der Waals surface area contributed by atoms with Gasteiger partial charge < -0.3 is 9.88 Å². The van der Waals surface area contributed by atoms with Gasteiger partial charge in [-0.05, 0) is 40.5 Å². The van der Waals surface area contributed by atoms with Crippen molar-refractivity contribution in [2.45, 2.75) is 19.9 Å². The summed E-state index contributed by atoms with van der Waals surface area (Å²) < 4.78 is 2.52. The lowest BCUT2D eigenvalue weighted by Crippen LogP contribution is -2.17. The average molecular weight is 343 g/mol. The van der Waals surface area contributed by atoms with Gasteiger partial charge in [0.15, 0.2) is 0 Å². The van der Waals surface area contributed by atoms with E-state index >= 15 is 0 Å².